The summed E-state index contributed by atoms with van der Waals surface area (Å²) in [5, 5.41) is 14.4. The van der Waals surface area contributed by atoms with Gasteiger partial charge in [0.05, 0.1) is 4.92 Å². The molecule has 0 aromatic heterocycles. The largest absolute Gasteiger partial charge is 0.310 e. The standard InChI is InChI=1S/C16H24N2O2/c1-3-16(17-11-13-8-7-12(2)9-13)14-5-4-6-15(10-14)18(19)20/h4-6,10,12-13,16-17H,3,7-9,11H2,1-2H3. The molecule has 0 aliphatic heterocycles. The monoisotopic (exact) mass is 276 g/mol. The van der Waals surface area contributed by atoms with Crippen molar-refractivity contribution < 1.29 is 4.92 Å². The lowest BCUT2D eigenvalue weighted by molar-refractivity contribution is -0.384. The predicted molar refractivity (Wildman–Crippen MR) is 80.6 cm³/mol. The Bertz CT molecular complexity index is 462. The molecule has 0 heterocycles. The third kappa shape index (κ3) is 3.79. The Hall–Kier alpha value is -1.42. The molecule has 1 aromatic rings. The fraction of sp³-hybridized carbons (Fsp3) is 0.625. The van der Waals surface area contributed by atoms with Crippen molar-refractivity contribution in [1.29, 1.82) is 0 Å². The van der Waals surface area contributed by atoms with Gasteiger partial charge in [-0.1, -0.05) is 32.4 Å². The Labute approximate surface area is 120 Å². The number of benzene rings is 1. The van der Waals surface area contributed by atoms with Gasteiger partial charge in [0.1, 0.15) is 0 Å². The Morgan fingerprint density at radius 3 is 2.85 bits per heavy atom. The SMILES string of the molecule is CCC(NCC1CCC(C)C1)c1cccc([N+](=O)[O-])c1. The van der Waals surface area contributed by atoms with E-state index >= 15 is 0 Å². The zero-order chi connectivity index (χ0) is 14.5. The van der Waals surface area contributed by atoms with Crippen molar-refractivity contribution in [1.82, 2.24) is 5.32 Å². The van der Waals surface area contributed by atoms with Gasteiger partial charge in [-0.25, -0.2) is 0 Å². The van der Waals surface area contributed by atoms with Crippen molar-refractivity contribution in [2.24, 2.45) is 11.8 Å². The van der Waals surface area contributed by atoms with Crippen LogP contribution in [0.2, 0.25) is 0 Å². The second-order valence-electron chi connectivity index (χ2n) is 6.01. The molecule has 2 rings (SSSR count). The van der Waals surface area contributed by atoms with Gasteiger partial charge in [-0.15, -0.1) is 0 Å². The van der Waals surface area contributed by atoms with Crippen molar-refractivity contribution in [2.75, 3.05) is 6.54 Å². The molecule has 1 aliphatic carbocycles. The summed E-state index contributed by atoms with van der Waals surface area (Å²) in [6.45, 7) is 5.46. The van der Waals surface area contributed by atoms with Crippen LogP contribution in [0.1, 0.15) is 51.1 Å². The zero-order valence-corrected chi connectivity index (χ0v) is 12.3. The lowest BCUT2D eigenvalue weighted by Gasteiger charge is -2.20. The van der Waals surface area contributed by atoms with Gasteiger partial charge in [-0.2, -0.15) is 0 Å². The first-order chi connectivity index (χ1) is 9.60. The number of nitrogens with one attached hydrogen (secondary N) is 1. The van der Waals surface area contributed by atoms with Crippen molar-refractivity contribution in [2.45, 2.75) is 45.6 Å². The van der Waals surface area contributed by atoms with Gasteiger partial charge in [-0.3, -0.25) is 10.1 Å². The van der Waals surface area contributed by atoms with Crippen molar-refractivity contribution in [3.8, 4) is 0 Å². The molecule has 1 aromatic carbocycles. The third-order valence-electron chi connectivity index (χ3n) is 4.35. The smallest absolute Gasteiger partial charge is 0.269 e. The van der Waals surface area contributed by atoms with Crippen LogP contribution in [-0.2, 0) is 0 Å². The van der Waals surface area contributed by atoms with Crippen LogP contribution in [0, 0.1) is 22.0 Å². The van der Waals surface area contributed by atoms with E-state index in [1.54, 1.807) is 18.2 Å². The van der Waals surface area contributed by atoms with E-state index in [9.17, 15) is 10.1 Å². The number of rotatable bonds is 6. The normalized spacial score (nSPS) is 23.7. The van der Waals surface area contributed by atoms with E-state index in [1.807, 2.05) is 6.07 Å². The number of nitrogens with zero attached hydrogens (tertiary/aromatic N) is 1. The minimum atomic E-state index is -0.325. The summed E-state index contributed by atoms with van der Waals surface area (Å²) >= 11 is 0. The van der Waals surface area contributed by atoms with Crippen molar-refractivity contribution >= 4 is 5.69 Å². The summed E-state index contributed by atoms with van der Waals surface area (Å²) in [6, 6.07) is 7.21. The summed E-state index contributed by atoms with van der Waals surface area (Å²) < 4.78 is 0. The maximum absolute atomic E-state index is 10.9. The van der Waals surface area contributed by atoms with Gasteiger partial charge in [0, 0.05) is 18.2 Å². The molecule has 20 heavy (non-hydrogen) atoms. The molecule has 4 heteroatoms. The molecule has 0 amide bonds. The maximum Gasteiger partial charge on any atom is 0.269 e. The average molecular weight is 276 g/mol. The van der Waals surface area contributed by atoms with Crippen LogP contribution in [0.25, 0.3) is 0 Å². The van der Waals surface area contributed by atoms with E-state index in [2.05, 4.69) is 19.2 Å². The molecule has 1 fully saturated rings. The van der Waals surface area contributed by atoms with Crippen LogP contribution >= 0.6 is 0 Å². The summed E-state index contributed by atoms with van der Waals surface area (Å²) in [5.74, 6) is 1.61. The zero-order valence-electron chi connectivity index (χ0n) is 12.3. The summed E-state index contributed by atoms with van der Waals surface area (Å²) in [7, 11) is 0. The van der Waals surface area contributed by atoms with Crippen LogP contribution < -0.4 is 5.32 Å². The second kappa shape index (κ2) is 6.84. The minimum Gasteiger partial charge on any atom is -0.310 e. The quantitative estimate of drug-likeness (QED) is 0.629. The van der Waals surface area contributed by atoms with E-state index in [-0.39, 0.29) is 16.7 Å². The molecule has 110 valence electrons. The van der Waals surface area contributed by atoms with Crippen LogP contribution in [0.5, 0.6) is 0 Å². The number of hydrogen-bond acceptors (Lipinski definition) is 3. The van der Waals surface area contributed by atoms with Crippen LogP contribution in [0.4, 0.5) is 5.69 Å². The lowest BCUT2D eigenvalue weighted by Crippen LogP contribution is -2.26. The fourth-order valence-electron chi connectivity index (χ4n) is 3.17. The molecular formula is C16H24N2O2. The molecule has 1 N–H and O–H groups in total. The van der Waals surface area contributed by atoms with Gasteiger partial charge in [-0.05, 0) is 43.2 Å². The number of nitro groups is 1. The third-order valence-corrected chi connectivity index (χ3v) is 4.35. The molecule has 0 spiro atoms. The van der Waals surface area contributed by atoms with E-state index in [1.165, 1.54) is 19.3 Å². The Kier molecular flexibility index (Phi) is 5.12. The Balaban J connectivity index is 1.97. The molecule has 0 radical (unpaired) electrons. The van der Waals surface area contributed by atoms with Crippen molar-refractivity contribution in [3.63, 3.8) is 0 Å². The average Bonchev–Trinajstić information content (AvgIpc) is 2.85. The molecule has 1 saturated carbocycles. The molecule has 3 unspecified atom stereocenters. The number of nitro benzene ring substituents is 1. The van der Waals surface area contributed by atoms with E-state index in [4.69, 9.17) is 0 Å². The number of non-ortho nitro benzene ring substituents is 1. The van der Waals surface area contributed by atoms with Gasteiger partial charge in [0.15, 0.2) is 0 Å². The maximum atomic E-state index is 10.9. The highest BCUT2D eigenvalue weighted by molar-refractivity contribution is 5.35. The highest BCUT2D eigenvalue weighted by atomic mass is 16.6. The van der Waals surface area contributed by atoms with Crippen LogP contribution in [0.15, 0.2) is 24.3 Å². The highest BCUT2D eigenvalue weighted by Gasteiger charge is 2.22. The first-order valence-electron chi connectivity index (χ1n) is 7.57. The molecule has 4 nitrogen and oxygen atoms in total. The Morgan fingerprint density at radius 2 is 2.25 bits per heavy atom. The Morgan fingerprint density at radius 1 is 1.45 bits per heavy atom. The number of hydrogen-bond donors (Lipinski definition) is 1. The minimum absolute atomic E-state index is 0.178. The van der Waals surface area contributed by atoms with Gasteiger partial charge in [0.2, 0.25) is 0 Å². The van der Waals surface area contributed by atoms with Crippen LogP contribution in [-0.4, -0.2) is 11.5 Å². The summed E-state index contributed by atoms with van der Waals surface area (Å²) in [5.41, 5.74) is 1.20. The topological polar surface area (TPSA) is 55.2 Å². The predicted octanol–water partition coefficient (Wildman–Crippen LogP) is 4.07. The highest BCUT2D eigenvalue weighted by Crippen LogP contribution is 2.30. The molecule has 0 saturated heterocycles. The summed E-state index contributed by atoms with van der Waals surface area (Å²) in [4.78, 5) is 10.5. The van der Waals surface area contributed by atoms with Crippen LogP contribution in [0.3, 0.4) is 0 Å². The summed E-state index contributed by atoms with van der Waals surface area (Å²) in [6.07, 6.45) is 4.89. The first kappa shape index (κ1) is 15.0. The first-order valence-corrected chi connectivity index (χ1v) is 7.57. The van der Waals surface area contributed by atoms with E-state index < -0.39 is 0 Å². The molecule has 0 bridgehead atoms. The molecular weight excluding hydrogens is 252 g/mol. The van der Waals surface area contributed by atoms with E-state index in [0.29, 0.717) is 0 Å². The second-order valence-corrected chi connectivity index (χ2v) is 6.01. The van der Waals surface area contributed by atoms with Gasteiger partial charge >= 0.3 is 0 Å². The fourth-order valence-corrected chi connectivity index (χ4v) is 3.17. The van der Waals surface area contributed by atoms with Crippen molar-refractivity contribution in [3.05, 3.63) is 39.9 Å². The van der Waals surface area contributed by atoms with Gasteiger partial charge < -0.3 is 5.32 Å². The molecule has 3 atom stereocenters. The molecule has 1 aliphatic rings. The van der Waals surface area contributed by atoms with Gasteiger partial charge in [0.25, 0.3) is 5.69 Å². The van der Waals surface area contributed by atoms with E-state index in [0.717, 1.165) is 30.4 Å². The lowest BCUT2D eigenvalue weighted by atomic mass is 10.0.